The Morgan fingerprint density at radius 1 is 1.33 bits per heavy atom. The molecular weight excluding hydrogens is 229 g/mol. The lowest BCUT2D eigenvalue weighted by Crippen LogP contribution is -1.91. The first-order valence-electron chi connectivity index (χ1n) is 4.82. The van der Waals surface area contributed by atoms with Crippen molar-refractivity contribution in [1.29, 1.82) is 0 Å². The van der Waals surface area contributed by atoms with Gasteiger partial charge in [-0.15, -0.1) is 11.6 Å². The summed E-state index contributed by atoms with van der Waals surface area (Å²) in [5.74, 6) is 0.568. The number of rotatable bonds is 2. The summed E-state index contributed by atoms with van der Waals surface area (Å²) in [5.41, 5.74) is 3.14. The largest absolute Gasteiger partial charge is 0.256 e. The highest BCUT2D eigenvalue weighted by molar-refractivity contribution is 6.36. The zero-order chi connectivity index (χ0) is 10.8. The second-order valence-electron chi connectivity index (χ2n) is 3.56. The van der Waals surface area contributed by atoms with Gasteiger partial charge in [0.15, 0.2) is 0 Å². The number of hydrogen-bond acceptors (Lipinski definition) is 1. The first kappa shape index (κ1) is 10.7. The monoisotopic (exact) mass is 239 g/mol. The van der Waals surface area contributed by atoms with Gasteiger partial charge in [0.1, 0.15) is 0 Å². The fourth-order valence-corrected chi connectivity index (χ4v) is 2.09. The van der Waals surface area contributed by atoms with E-state index in [2.05, 4.69) is 11.1 Å². The van der Waals surface area contributed by atoms with E-state index in [4.69, 9.17) is 23.2 Å². The van der Waals surface area contributed by atoms with Gasteiger partial charge in [0.2, 0.25) is 0 Å². The van der Waals surface area contributed by atoms with E-state index in [1.54, 1.807) is 0 Å². The van der Waals surface area contributed by atoms with Gasteiger partial charge in [-0.3, -0.25) is 4.98 Å². The predicted molar refractivity (Wildman–Crippen MR) is 65.9 cm³/mol. The second-order valence-corrected chi connectivity index (χ2v) is 4.31. The van der Waals surface area contributed by atoms with Crippen LogP contribution in [0.5, 0.6) is 0 Å². The molecule has 0 spiro atoms. The maximum absolute atomic E-state index is 6.29. The van der Waals surface area contributed by atoms with Gasteiger partial charge < -0.3 is 0 Å². The quantitative estimate of drug-likeness (QED) is 0.723. The molecule has 0 N–H and O–H groups in total. The van der Waals surface area contributed by atoms with Crippen molar-refractivity contribution >= 4 is 34.1 Å². The number of hydrogen-bond donors (Lipinski definition) is 0. The number of aromatic nitrogens is 1. The Bertz CT molecular complexity index is 494. The molecule has 0 saturated heterocycles. The third-order valence-corrected chi connectivity index (χ3v) is 3.03. The summed E-state index contributed by atoms with van der Waals surface area (Å²) < 4.78 is 0. The molecule has 0 aliphatic carbocycles. The zero-order valence-electron chi connectivity index (χ0n) is 8.43. The van der Waals surface area contributed by atoms with Crippen LogP contribution in [0.25, 0.3) is 10.9 Å². The van der Waals surface area contributed by atoms with E-state index in [1.807, 2.05) is 25.3 Å². The summed E-state index contributed by atoms with van der Waals surface area (Å²) in [4.78, 5) is 4.36. The molecule has 0 unspecified atom stereocenters. The lowest BCUT2D eigenvalue weighted by molar-refractivity contribution is 1.13. The van der Waals surface area contributed by atoms with Crippen LogP contribution in [-0.2, 0) is 6.42 Å². The van der Waals surface area contributed by atoms with Gasteiger partial charge in [-0.25, -0.2) is 0 Å². The molecule has 1 aromatic heterocycles. The molecule has 15 heavy (non-hydrogen) atoms. The molecule has 1 heterocycles. The van der Waals surface area contributed by atoms with Crippen LogP contribution in [0.15, 0.2) is 24.4 Å². The van der Waals surface area contributed by atoms with Crippen LogP contribution in [0.1, 0.15) is 11.1 Å². The normalized spacial score (nSPS) is 10.9. The maximum Gasteiger partial charge on any atom is 0.0717 e. The van der Waals surface area contributed by atoms with Gasteiger partial charge in [0.25, 0.3) is 0 Å². The van der Waals surface area contributed by atoms with E-state index < -0.39 is 0 Å². The molecule has 0 aliphatic heterocycles. The average molecular weight is 240 g/mol. The summed E-state index contributed by atoms with van der Waals surface area (Å²) in [6.45, 7) is 2.05. The zero-order valence-corrected chi connectivity index (χ0v) is 9.94. The van der Waals surface area contributed by atoms with Crippen molar-refractivity contribution in [3.8, 4) is 0 Å². The minimum Gasteiger partial charge on any atom is -0.256 e. The van der Waals surface area contributed by atoms with Crippen molar-refractivity contribution < 1.29 is 0 Å². The highest BCUT2D eigenvalue weighted by atomic mass is 35.5. The van der Waals surface area contributed by atoms with Gasteiger partial charge in [-0.05, 0) is 31.0 Å². The second kappa shape index (κ2) is 4.38. The molecular formula is C12H11Cl2N. The number of aryl methyl sites for hydroxylation is 2. The number of pyridine rings is 1. The van der Waals surface area contributed by atoms with Crippen molar-refractivity contribution in [2.24, 2.45) is 0 Å². The Kier molecular flexibility index (Phi) is 3.13. The molecule has 78 valence electrons. The highest BCUT2D eigenvalue weighted by Gasteiger charge is 2.06. The first-order chi connectivity index (χ1) is 7.22. The van der Waals surface area contributed by atoms with E-state index in [-0.39, 0.29) is 0 Å². The number of alkyl halides is 1. The Balaban J connectivity index is 2.65. The van der Waals surface area contributed by atoms with E-state index in [1.165, 1.54) is 5.56 Å². The van der Waals surface area contributed by atoms with Crippen molar-refractivity contribution in [1.82, 2.24) is 4.98 Å². The van der Waals surface area contributed by atoms with Gasteiger partial charge in [-0.1, -0.05) is 23.2 Å². The number of fused-ring (bicyclic) bond motifs is 1. The van der Waals surface area contributed by atoms with Crippen LogP contribution in [-0.4, -0.2) is 10.9 Å². The molecule has 0 fully saturated rings. The average Bonchev–Trinajstić information content (AvgIpc) is 2.23. The van der Waals surface area contributed by atoms with Crippen molar-refractivity contribution in [2.75, 3.05) is 5.88 Å². The molecule has 0 amide bonds. The minimum atomic E-state index is 0.568. The smallest absolute Gasteiger partial charge is 0.0717 e. The molecule has 2 rings (SSSR count). The van der Waals surface area contributed by atoms with Crippen LogP contribution in [0.3, 0.4) is 0 Å². The van der Waals surface area contributed by atoms with Crippen LogP contribution < -0.4 is 0 Å². The lowest BCUT2D eigenvalue weighted by Gasteiger charge is -2.06. The van der Waals surface area contributed by atoms with Gasteiger partial charge >= 0.3 is 0 Å². The van der Waals surface area contributed by atoms with Crippen LogP contribution in [0, 0.1) is 6.92 Å². The molecule has 0 aliphatic rings. The molecule has 0 bridgehead atoms. The molecule has 0 atom stereocenters. The van der Waals surface area contributed by atoms with Gasteiger partial charge in [0.05, 0.1) is 10.5 Å². The Labute approximate surface area is 99.0 Å². The molecule has 2 aromatic rings. The fourth-order valence-electron chi connectivity index (χ4n) is 1.59. The standard InChI is InChI=1S/C12H11Cl2N/c1-8-2-3-11-10(6-8)12(14)9(4-5-13)7-15-11/h2-3,6-7H,4-5H2,1H3. The van der Waals surface area contributed by atoms with Crippen molar-refractivity contribution in [3.63, 3.8) is 0 Å². The van der Waals surface area contributed by atoms with Gasteiger partial charge in [0, 0.05) is 17.5 Å². The van der Waals surface area contributed by atoms with Crippen molar-refractivity contribution in [2.45, 2.75) is 13.3 Å². The third-order valence-electron chi connectivity index (χ3n) is 2.39. The molecule has 0 radical (unpaired) electrons. The van der Waals surface area contributed by atoms with Gasteiger partial charge in [-0.2, -0.15) is 0 Å². The molecule has 1 aromatic carbocycles. The summed E-state index contributed by atoms with van der Waals surface area (Å²) >= 11 is 12.0. The van der Waals surface area contributed by atoms with Crippen molar-refractivity contribution in [3.05, 3.63) is 40.5 Å². The third kappa shape index (κ3) is 2.09. The summed E-state index contributed by atoms with van der Waals surface area (Å²) in [6, 6.07) is 6.08. The highest BCUT2D eigenvalue weighted by Crippen LogP contribution is 2.26. The number of halogens is 2. The van der Waals surface area contributed by atoms with Crippen LogP contribution in [0.2, 0.25) is 5.02 Å². The van der Waals surface area contributed by atoms with E-state index in [0.717, 1.165) is 27.9 Å². The minimum absolute atomic E-state index is 0.568. The summed E-state index contributed by atoms with van der Waals surface area (Å²) in [6.07, 6.45) is 2.57. The SMILES string of the molecule is Cc1ccc2ncc(CCCl)c(Cl)c2c1. The summed E-state index contributed by atoms with van der Waals surface area (Å²) in [5, 5.41) is 1.80. The number of benzene rings is 1. The van der Waals surface area contributed by atoms with E-state index >= 15 is 0 Å². The fraction of sp³-hybridized carbons (Fsp3) is 0.250. The Morgan fingerprint density at radius 2 is 2.13 bits per heavy atom. The van der Waals surface area contributed by atoms with E-state index in [9.17, 15) is 0 Å². The Hall–Kier alpha value is -0.790. The Morgan fingerprint density at radius 3 is 2.87 bits per heavy atom. The van der Waals surface area contributed by atoms with Crippen LogP contribution >= 0.6 is 23.2 Å². The topological polar surface area (TPSA) is 12.9 Å². The van der Waals surface area contributed by atoms with Crippen LogP contribution in [0.4, 0.5) is 0 Å². The molecule has 1 nitrogen and oxygen atoms in total. The maximum atomic E-state index is 6.29. The molecule has 0 saturated carbocycles. The van der Waals surface area contributed by atoms with E-state index in [0.29, 0.717) is 5.88 Å². The summed E-state index contributed by atoms with van der Waals surface area (Å²) in [7, 11) is 0. The molecule has 3 heteroatoms. The number of nitrogens with zero attached hydrogens (tertiary/aromatic N) is 1. The predicted octanol–water partition coefficient (Wildman–Crippen LogP) is 3.98. The lowest BCUT2D eigenvalue weighted by atomic mass is 10.1. The first-order valence-corrected chi connectivity index (χ1v) is 5.73.